The molecule has 0 bridgehead atoms. The molecule has 0 saturated carbocycles. The molecule has 1 N–H and O–H groups in total. The van der Waals surface area contributed by atoms with Crippen molar-refractivity contribution in [3.8, 4) is 6.07 Å². The number of nitrogens with zero attached hydrogens (tertiary/aromatic N) is 4. The maximum atomic E-state index is 15.2. The van der Waals surface area contributed by atoms with Crippen LogP contribution in [0.1, 0.15) is 27.8 Å². The van der Waals surface area contributed by atoms with Crippen LogP contribution in [0.2, 0.25) is 0 Å². The fourth-order valence-corrected chi connectivity index (χ4v) is 3.41. The van der Waals surface area contributed by atoms with E-state index in [1.165, 1.54) is 5.01 Å². The summed E-state index contributed by atoms with van der Waals surface area (Å²) in [4.78, 5) is 15.9. The van der Waals surface area contributed by atoms with Gasteiger partial charge in [-0.2, -0.15) is 14.8 Å². The fourth-order valence-electron chi connectivity index (χ4n) is 3.41. The van der Waals surface area contributed by atoms with Crippen LogP contribution in [0, 0.1) is 24.2 Å². The average molecular weight is 443 g/mol. The quantitative estimate of drug-likeness (QED) is 0.249. The Morgan fingerprint density at radius 3 is 2.58 bits per heavy atom. The second-order valence-corrected chi connectivity index (χ2v) is 7.69. The van der Waals surface area contributed by atoms with E-state index in [4.69, 9.17) is 10.00 Å². The van der Waals surface area contributed by atoms with Gasteiger partial charge in [-0.15, -0.1) is 0 Å². The highest BCUT2D eigenvalue weighted by Gasteiger charge is 2.21. The van der Waals surface area contributed by atoms with Crippen LogP contribution in [0.15, 0.2) is 65.8 Å². The minimum atomic E-state index is -0.688. The fraction of sp³-hybridized carbons (Fsp3) is 0.200. The van der Waals surface area contributed by atoms with Crippen molar-refractivity contribution < 1.29 is 13.9 Å². The molecule has 1 aliphatic rings. The second kappa shape index (κ2) is 10.0. The van der Waals surface area contributed by atoms with Crippen molar-refractivity contribution in [2.75, 3.05) is 18.5 Å². The Labute approximate surface area is 191 Å². The van der Waals surface area contributed by atoms with E-state index in [1.54, 1.807) is 36.4 Å². The van der Waals surface area contributed by atoms with Crippen LogP contribution >= 0.6 is 0 Å². The van der Waals surface area contributed by atoms with Crippen LogP contribution in [-0.2, 0) is 16.1 Å². The molecule has 0 spiro atoms. The highest BCUT2D eigenvalue weighted by molar-refractivity contribution is 6.13. The van der Waals surface area contributed by atoms with Crippen molar-refractivity contribution in [3.63, 3.8) is 0 Å². The van der Waals surface area contributed by atoms with E-state index in [2.05, 4.69) is 21.5 Å². The lowest BCUT2D eigenvalue weighted by molar-refractivity contribution is -0.118. The molecule has 8 heteroatoms. The molecule has 3 aromatic rings. The van der Waals surface area contributed by atoms with Gasteiger partial charge in [0.1, 0.15) is 11.5 Å². The third-order valence-electron chi connectivity index (χ3n) is 5.27. The van der Waals surface area contributed by atoms with Gasteiger partial charge < -0.3 is 10.1 Å². The first kappa shape index (κ1) is 22.1. The summed E-state index contributed by atoms with van der Waals surface area (Å²) in [6.07, 6.45) is 0.592. The minimum Gasteiger partial charge on any atom is -0.377 e. The first-order valence-electron chi connectivity index (χ1n) is 10.4. The molecule has 1 aromatic heterocycles. The number of halogens is 1. The lowest BCUT2D eigenvalue weighted by Gasteiger charge is -2.27. The molecule has 0 atom stereocenters. The van der Waals surface area contributed by atoms with Gasteiger partial charge in [0.05, 0.1) is 43.0 Å². The topological polar surface area (TPSA) is 90.6 Å². The molecular formula is C25H22FN5O2. The number of ether oxygens (including phenoxy) is 1. The Balaban J connectivity index is 1.69. The number of pyridine rings is 1. The van der Waals surface area contributed by atoms with Crippen molar-refractivity contribution in [2.24, 2.45) is 5.10 Å². The number of rotatable bonds is 8. The van der Waals surface area contributed by atoms with Gasteiger partial charge in [-0.3, -0.25) is 4.79 Å². The number of aryl methyl sites for hydroxylation is 1. The summed E-state index contributed by atoms with van der Waals surface area (Å²) in [5.74, 6) is -0.273. The predicted molar refractivity (Wildman–Crippen MR) is 122 cm³/mol. The van der Waals surface area contributed by atoms with Crippen LogP contribution in [0.25, 0.3) is 0 Å². The van der Waals surface area contributed by atoms with Crippen molar-refractivity contribution in [2.45, 2.75) is 19.5 Å². The van der Waals surface area contributed by atoms with Crippen LogP contribution in [-0.4, -0.2) is 41.4 Å². The van der Waals surface area contributed by atoms with Crippen LogP contribution in [0.4, 0.5) is 10.2 Å². The monoisotopic (exact) mass is 443 g/mol. The van der Waals surface area contributed by atoms with E-state index in [-0.39, 0.29) is 18.2 Å². The zero-order valence-electron chi connectivity index (χ0n) is 18.0. The Hall–Kier alpha value is -4.09. The largest absolute Gasteiger partial charge is 0.377 e. The second-order valence-electron chi connectivity index (χ2n) is 7.69. The Bertz CT molecular complexity index is 1220. The van der Waals surface area contributed by atoms with Crippen LogP contribution in [0.5, 0.6) is 0 Å². The van der Waals surface area contributed by atoms with Gasteiger partial charge in [-0.05, 0) is 42.3 Å². The van der Waals surface area contributed by atoms with Crippen molar-refractivity contribution >= 4 is 17.9 Å². The average Bonchev–Trinajstić information content (AvgIpc) is 2.80. The van der Waals surface area contributed by atoms with Gasteiger partial charge in [0, 0.05) is 5.56 Å². The number of amides is 1. The van der Waals surface area contributed by atoms with Gasteiger partial charge in [0.2, 0.25) is 12.4 Å². The number of anilines is 1. The van der Waals surface area contributed by atoms with Gasteiger partial charge >= 0.3 is 0 Å². The standard InChI is InChI=1S/C25H22FN5O2/c1-17-4-2-3-5-21(17)24(22-10-11-23(29-25(22)26)28-20-14-33-15-20)30-31(16-32)13-19-8-6-18(12-27)7-9-19/h2-11,16,20H,13-15H2,1H3,(H,28,29)/b30-24+. The number of hydrazone groups is 1. The number of carbonyl (C=O) groups excluding carboxylic acids is 1. The molecular weight excluding hydrogens is 421 g/mol. The number of nitrogens with one attached hydrogen (secondary N) is 1. The van der Waals surface area contributed by atoms with Crippen molar-refractivity contribution in [1.82, 2.24) is 9.99 Å². The molecule has 2 aromatic carbocycles. The van der Waals surface area contributed by atoms with Gasteiger partial charge in [0.15, 0.2) is 0 Å². The molecule has 4 rings (SSSR count). The summed E-state index contributed by atoms with van der Waals surface area (Å²) >= 11 is 0. The number of benzene rings is 2. The summed E-state index contributed by atoms with van der Waals surface area (Å²) in [5, 5.41) is 17.8. The molecule has 0 aliphatic carbocycles. The molecule has 0 unspecified atom stereocenters. The zero-order valence-corrected chi connectivity index (χ0v) is 18.0. The number of hydrogen-bond acceptors (Lipinski definition) is 6. The smallest absolute Gasteiger partial charge is 0.230 e. The van der Waals surface area contributed by atoms with Gasteiger partial charge in [0.25, 0.3) is 0 Å². The molecule has 33 heavy (non-hydrogen) atoms. The zero-order chi connectivity index (χ0) is 23.2. The summed E-state index contributed by atoms with van der Waals surface area (Å²) in [5.41, 5.74) is 3.38. The molecule has 1 aliphatic heterocycles. The number of nitriles is 1. The third-order valence-corrected chi connectivity index (χ3v) is 5.27. The lowest BCUT2D eigenvalue weighted by atomic mass is 9.99. The van der Waals surface area contributed by atoms with Crippen molar-refractivity contribution in [1.29, 1.82) is 5.26 Å². The molecule has 2 heterocycles. The normalized spacial score (nSPS) is 13.7. The third kappa shape index (κ3) is 5.22. The highest BCUT2D eigenvalue weighted by Crippen LogP contribution is 2.21. The Kier molecular flexibility index (Phi) is 6.72. The Morgan fingerprint density at radius 1 is 1.21 bits per heavy atom. The lowest BCUT2D eigenvalue weighted by Crippen LogP contribution is -2.40. The van der Waals surface area contributed by atoms with E-state index in [0.29, 0.717) is 42.3 Å². The van der Waals surface area contributed by atoms with E-state index < -0.39 is 5.95 Å². The summed E-state index contributed by atoms with van der Waals surface area (Å²) in [7, 11) is 0. The van der Waals surface area contributed by atoms with Crippen LogP contribution < -0.4 is 5.32 Å². The maximum Gasteiger partial charge on any atom is 0.230 e. The molecule has 7 nitrogen and oxygen atoms in total. The van der Waals surface area contributed by atoms with E-state index in [9.17, 15) is 4.79 Å². The minimum absolute atomic E-state index is 0.116. The highest BCUT2D eigenvalue weighted by atomic mass is 19.1. The number of aromatic nitrogens is 1. The van der Waals surface area contributed by atoms with Crippen molar-refractivity contribution in [3.05, 3.63) is 94.4 Å². The number of hydrogen-bond donors (Lipinski definition) is 1. The molecule has 1 fully saturated rings. The summed E-state index contributed by atoms with van der Waals surface area (Å²) < 4.78 is 20.3. The summed E-state index contributed by atoms with van der Waals surface area (Å²) in [6.45, 7) is 3.19. The van der Waals surface area contributed by atoms with E-state index in [1.807, 2.05) is 31.2 Å². The number of carbonyl (C=O) groups is 1. The molecule has 166 valence electrons. The molecule has 1 saturated heterocycles. The Morgan fingerprint density at radius 2 is 1.97 bits per heavy atom. The molecule has 0 radical (unpaired) electrons. The first-order chi connectivity index (χ1) is 16.1. The first-order valence-corrected chi connectivity index (χ1v) is 10.4. The molecule has 1 amide bonds. The predicted octanol–water partition coefficient (Wildman–Crippen LogP) is 3.62. The maximum absolute atomic E-state index is 15.2. The van der Waals surface area contributed by atoms with Crippen LogP contribution in [0.3, 0.4) is 0 Å². The van der Waals surface area contributed by atoms with E-state index in [0.717, 1.165) is 11.1 Å². The van der Waals surface area contributed by atoms with E-state index >= 15 is 4.39 Å². The summed E-state index contributed by atoms with van der Waals surface area (Å²) in [6, 6.07) is 19.8. The van der Waals surface area contributed by atoms with Gasteiger partial charge in [-0.1, -0.05) is 36.4 Å². The van der Waals surface area contributed by atoms with Gasteiger partial charge in [-0.25, -0.2) is 9.99 Å². The SMILES string of the molecule is Cc1ccccc1/C(=N\N(C=O)Cc1ccc(C#N)cc1)c1ccc(NC2COC2)nc1F.